The van der Waals surface area contributed by atoms with Crippen molar-refractivity contribution < 1.29 is 9.59 Å². The average Bonchev–Trinajstić information content (AvgIpc) is 3.44. The van der Waals surface area contributed by atoms with Crippen LogP contribution in [0.2, 0.25) is 0 Å². The first-order chi connectivity index (χ1) is 15.1. The van der Waals surface area contributed by atoms with Crippen molar-refractivity contribution in [2.24, 2.45) is 5.73 Å². The number of nitrogens with two attached hydrogens (primary N) is 1. The van der Waals surface area contributed by atoms with Crippen molar-refractivity contribution in [3.8, 4) is 0 Å². The highest BCUT2D eigenvalue weighted by Crippen LogP contribution is 2.39. The van der Waals surface area contributed by atoms with E-state index in [2.05, 4.69) is 33.1 Å². The Morgan fingerprint density at radius 2 is 1.77 bits per heavy atom. The molecule has 4 aromatic rings. The summed E-state index contributed by atoms with van der Waals surface area (Å²) in [4.78, 5) is 30.2. The van der Waals surface area contributed by atoms with Crippen molar-refractivity contribution in [2.75, 3.05) is 12.8 Å². The number of H-pyrrole nitrogens is 1. The first kappa shape index (κ1) is 19.7. The summed E-state index contributed by atoms with van der Waals surface area (Å²) in [6.07, 6.45) is 6.63. The molecule has 6 nitrogen and oxygen atoms in total. The number of aromatic nitrogens is 2. The molecule has 0 fully saturated rings. The summed E-state index contributed by atoms with van der Waals surface area (Å²) in [5.41, 5.74) is 10.0. The second-order valence-electron chi connectivity index (χ2n) is 7.54. The molecular weight excluding hydrogens is 408 g/mol. The number of fused-ring (bicyclic) bond motifs is 2. The molecule has 2 amide bonds. The topological polar surface area (TPSA) is 92.9 Å². The van der Waals surface area contributed by atoms with Gasteiger partial charge >= 0.3 is 0 Å². The zero-order chi connectivity index (χ0) is 21.5. The van der Waals surface area contributed by atoms with Gasteiger partial charge in [-0.2, -0.15) is 0 Å². The van der Waals surface area contributed by atoms with Crippen LogP contribution in [0.5, 0.6) is 0 Å². The number of nitrogens with zero attached hydrogens (tertiary/aromatic N) is 1. The van der Waals surface area contributed by atoms with E-state index >= 15 is 0 Å². The van der Waals surface area contributed by atoms with Gasteiger partial charge in [-0.15, -0.1) is 11.8 Å². The molecule has 1 aliphatic rings. The third-order valence-corrected chi connectivity index (χ3v) is 6.48. The van der Waals surface area contributed by atoms with E-state index in [1.165, 1.54) is 0 Å². The molecule has 2 aromatic heterocycles. The number of nitrogens with one attached hydrogen (secondary N) is 2. The maximum absolute atomic E-state index is 13.0. The summed E-state index contributed by atoms with van der Waals surface area (Å²) in [7, 11) is 0. The van der Waals surface area contributed by atoms with Gasteiger partial charge in [0.25, 0.3) is 11.8 Å². The van der Waals surface area contributed by atoms with E-state index in [-0.39, 0.29) is 11.8 Å². The van der Waals surface area contributed by atoms with Crippen LogP contribution in [0.25, 0.3) is 33.0 Å². The molecule has 4 N–H and O–H groups in total. The van der Waals surface area contributed by atoms with Crippen molar-refractivity contribution in [3.05, 3.63) is 66.0 Å². The van der Waals surface area contributed by atoms with Crippen LogP contribution in [0.3, 0.4) is 0 Å². The molecule has 0 radical (unpaired) electrons. The lowest BCUT2D eigenvalue weighted by Gasteiger charge is -2.04. The Bertz CT molecular complexity index is 1380. The van der Waals surface area contributed by atoms with Crippen LogP contribution in [-0.2, 0) is 16.1 Å². The molecule has 1 aliphatic heterocycles. The molecule has 0 saturated carbocycles. The Morgan fingerprint density at radius 1 is 1.00 bits per heavy atom. The first-order valence-corrected chi connectivity index (χ1v) is 11.4. The van der Waals surface area contributed by atoms with Gasteiger partial charge in [-0.3, -0.25) is 14.9 Å². The fourth-order valence-electron chi connectivity index (χ4n) is 4.30. The van der Waals surface area contributed by atoms with Crippen LogP contribution < -0.4 is 11.1 Å². The van der Waals surface area contributed by atoms with Crippen molar-refractivity contribution in [1.29, 1.82) is 0 Å². The molecule has 0 atom stereocenters. The Labute approximate surface area is 183 Å². The highest BCUT2D eigenvalue weighted by atomic mass is 32.2. The van der Waals surface area contributed by atoms with Crippen molar-refractivity contribution in [1.82, 2.24) is 14.9 Å². The Hall–Kier alpha value is -3.29. The van der Waals surface area contributed by atoms with E-state index < -0.39 is 0 Å². The van der Waals surface area contributed by atoms with Gasteiger partial charge in [0, 0.05) is 56.8 Å². The minimum Gasteiger partial charge on any atom is -0.361 e. The summed E-state index contributed by atoms with van der Waals surface area (Å²) >= 11 is 1.65. The number of aryl methyl sites for hydroxylation is 1. The number of para-hydroxylation sites is 1. The standard InChI is InChI=1S/C24H22N4O2S/c1-31-14-7-8-20-16(11-14)18(13-28(20)10-4-9-25)22-21(23(29)27-24(22)30)17-12-26-19-6-3-2-5-15(17)19/h2-3,5-8,11-13,26H,4,9-10,25H2,1H3,(H,27,29,30). The molecule has 0 saturated heterocycles. The number of carbonyl (C=O) groups is 2. The van der Waals surface area contributed by atoms with E-state index in [4.69, 9.17) is 5.73 Å². The summed E-state index contributed by atoms with van der Waals surface area (Å²) in [6, 6.07) is 14.0. The highest BCUT2D eigenvalue weighted by molar-refractivity contribution is 7.98. The molecule has 5 rings (SSSR count). The van der Waals surface area contributed by atoms with E-state index in [9.17, 15) is 9.59 Å². The maximum Gasteiger partial charge on any atom is 0.259 e. The third-order valence-electron chi connectivity index (χ3n) is 5.75. The van der Waals surface area contributed by atoms with E-state index in [1.54, 1.807) is 18.0 Å². The molecule has 0 aliphatic carbocycles. The smallest absolute Gasteiger partial charge is 0.259 e. The highest BCUT2D eigenvalue weighted by Gasteiger charge is 2.35. The minimum atomic E-state index is -0.367. The summed E-state index contributed by atoms with van der Waals surface area (Å²) < 4.78 is 2.12. The van der Waals surface area contributed by atoms with Crippen LogP contribution >= 0.6 is 11.8 Å². The fourth-order valence-corrected chi connectivity index (χ4v) is 4.74. The van der Waals surface area contributed by atoms with Gasteiger partial charge in [-0.05, 0) is 43.5 Å². The molecular formula is C24H22N4O2S. The van der Waals surface area contributed by atoms with Crippen molar-refractivity contribution in [3.63, 3.8) is 0 Å². The summed E-state index contributed by atoms with van der Waals surface area (Å²) in [6.45, 7) is 1.33. The summed E-state index contributed by atoms with van der Waals surface area (Å²) in [5.74, 6) is -0.730. The van der Waals surface area contributed by atoms with Crippen molar-refractivity contribution in [2.45, 2.75) is 17.9 Å². The van der Waals surface area contributed by atoms with Gasteiger partial charge in [-0.1, -0.05) is 18.2 Å². The molecule has 0 bridgehead atoms. The maximum atomic E-state index is 13.0. The Morgan fingerprint density at radius 3 is 2.55 bits per heavy atom. The largest absolute Gasteiger partial charge is 0.361 e. The molecule has 2 aromatic carbocycles. The number of hydrogen-bond donors (Lipinski definition) is 3. The van der Waals surface area contributed by atoms with Gasteiger partial charge in [0.05, 0.1) is 11.1 Å². The monoisotopic (exact) mass is 430 g/mol. The lowest BCUT2D eigenvalue weighted by atomic mass is 9.95. The molecule has 3 heterocycles. The van der Waals surface area contributed by atoms with Gasteiger partial charge in [0.15, 0.2) is 0 Å². The van der Waals surface area contributed by atoms with E-state index in [0.717, 1.165) is 50.8 Å². The van der Waals surface area contributed by atoms with E-state index in [0.29, 0.717) is 17.7 Å². The fraction of sp³-hybridized carbons (Fsp3) is 0.167. The Balaban J connectivity index is 1.80. The van der Waals surface area contributed by atoms with Gasteiger partial charge in [0.2, 0.25) is 0 Å². The van der Waals surface area contributed by atoms with Gasteiger partial charge in [0.1, 0.15) is 0 Å². The number of rotatable bonds is 6. The summed E-state index contributed by atoms with van der Waals surface area (Å²) in [5, 5.41) is 4.39. The molecule has 31 heavy (non-hydrogen) atoms. The second kappa shape index (κ2) is 7.76. The predicted molar refractivity (Wildman–Crippen MR) is 126 cm³/mol. The molecule has 156 valence electrons. The van der Waals surface area contributed by atoms with Crippen LogP contribution in [0.4, 0.5) is 0 Å². The van der Waals surface area contributed by atoms with Crippen LogP contribution in [0, 0.1) is 0 Å². The molecule has 0 unspecified atom stereocenters. The van der Waals surface area contributed by atoms with Crippen LogP contribution in [-0.4, -0.2) is 34.2 Å². The number of amides is 2. The van der Waals surface area contributed by atoms with Gasteiger partial charge < -0.3 is 15.3 Å². The van der Waals surface area contributed by atoms with Gasteiger partial charge in [-0.25, -0.2) is 0 Å². The Kier molecular flexibility index (Phi) is 4.92. The number of thioether (sulfide) groups is 1. The van der Waals surface area contributed by atoms with E-state index in [1.807, 2.05) is 36.7 Å². The van der Waals surface area contributed by atoms with Crippen molar-refractivity contribution >= 4 is 56.5 Å². The number of benzene rings is 2. The SMILES string of the molecule is CSc1ccc2c(c1)c(C1=C(c3c[nH]c4ccccc34)C(=O)NC1=O)cn2CCCN. The number of carbonyl (C=O) groups excluding carboxylic acids is 2. The predicted octanol–water partition coefficient (Wildman–Crippen LogP) is 3.76. The lowest BCUT2D eigenvalue weighted by Crippen LogP contribution is -2.22. The molecule has 7 heteroatoms. The number of imide groups is 1. The van der Waals surface area contributed by atoms with Crippen LogP contribution in [0.15, 0.2) is 59.8 Å². The average molecular weight is 431 g/mol. The minimum absolute atomic E-state index is 0.363. The normalized spacial score (nSPS) is 14.3. The van der Waals surface area contributed by atoms with Crippen LogP contribution in [0.1, 0.15) is 17.5 Å². The third kappa shape index (κ3) is 3.17. The lowest BCUT2D eigenvalue weighted by molar-refractivity contribution is -0.122. The zero-order valence-electron chi connectivity index (χ0n) is 17.1. The zero-order valence-corrected chi connectivity index (χ0v) is 17.9. The molecule has 0 spiro atoms. The first-order valence-electron chi connectivity index (χ1n) is 10.2. The quantitative estimate of drug-likeness (QED) is 0.321. The number of hydrogen-bond acceptors (Lipinski definition) is 4. The number of aromatic amines is 1. The second-order valence-corrected chi connectivity index (χ2v) is 8.42.